The van der Waals surface area contributed by atoms with E-state index in [-0.39, 0.29) is 0 Å². The summed E-state index contributed by atoms with van der Waals surface area (Å²) in [6, 6.07) is 34.3. The van der Waals surface area contributed by atoms with Crippen LogP contribution < -0.4 is 9.47 Å². The minimum atomic E-state index is 1.16. The van der Waals surface area contributed by atoms with Crippen molar-refractivity contribution < 1.29 is 4.57 Å². The van der Waals surface area contributed by atoms with Crippen LogP contribution in [-0.4, -0.2) is 14.1 Å². The van der Waals surface area contributed by atoms with Crippen molar-refractivity contribution in [2.75, 3.05) is 19.0 Å². The molecule has 0 amide bonds. The maximum absolute atomic E-state index is 2.27. The molecule has 2 heteroatoms. The molecule has 0 unspecified atom stereocenters. The first-order valence-corrected chi connectivity index (χ1v) is 10.2. The van der Waals surface area contributed by atoms with Crippen LogP contribution in [0.5, 0.6) is 0 Å². The van der Waals surface area contributed by atoms with Gasteiger partial charge in [0.25, 0.3) is 0 Å². The molecule has 30 heavy (non-hydrogen) atoms. The minimum Gasteiger partial charge on any atom is -0.378 e. The number of nitrogens with zero attached hydrogens (tertiary/aromatic N) is 2. The fraction of sp³-hybridized carbons (Fsp3) is 0.107. The van der Waals surface area contributed by atoms with E-state index in [0.717, 1.165) is 5.69 Å². The van der Waals surface area contributed by atoms with Crippen molar-refractivity contribution >= 4 is 17.8 Å². The molecule has 4 rings (SSSR count). The van der Waals surface area contributed by atoms with E-state index in [1.807, 2.05) is 0 Å². The molecular formula is C28H27N2+. The predicted molar refractivity (Wildman–Crippen MR) is 128 cm³/mol. The Hall–Kier alpha value is -3.65. The summed E-state index contributed by atoms with van der Waals surface area (Å²) < 4.78 is 2.26. The van der Waals surface area contributed by atoms with Crippen LogP contribution in [0.25, 0.3) is 34.5 Å². The number of rotatable bonds is 5. The molecule has 4 aromatic rings. The Balaban J connectivity index is 1.78. The zero-order valence-corrected chi connectivity index (χ0v) is 17.8. The molecule has 0 radical (unpaired) electrons. The molecule has 1 heterocycles. The number of anilines is 1. The first-order valence-electron chi connectivity index (χ1n) is 10.2. The molecule has 148 valence electrons. The first kappa shape index (κ1) is 19.7. The van der Waals surface area contributed by atoms with Crippen LogP contribution in [0.4, 0.5) is 5.69 Å². The number of benzene rings is 3. The molecule has 0 bridgehead atoms. The van der Waals surface area contributed by atoms with Gasteiger partial charge >= 0.3 is 0 Å². The van der Waals surface area contributed by atoms with Crippen molar-refractivity contribution in [3.05, 3.63) is 108 Å². The lowest BCUT2D eigenvalue weighted by molar-refractivity contribution is -0.662. The highest BCUT2D eigenvalue weighted by atomic mass is 15.1. The number of hydrogen-bond donors (Lipinski definition) is 0. The molecule has 1 aromatic heterocycles. The summed E-state index contributed by atoms with van der Waals surface area (Å²) in [6.45, 7) is 0. The van der Waals surface area contributed by atoms with E-state index in [0.29, 0.717) is 0 Å². The van der Waals surface area contributed by atoms with Gasteiger partial charge in [-0.3, -0.25) is 0 Å². The van der Waals surface area contributed by atoms with E-state index >= 15 is 0 Å². The third-order valence-corrected chi connectivity index (χ3v) is 5.38. The van der Waals surface area contributed by atoms with Gasteiger partial charge in [-0.1, -0.05) is 60.7 Å². The maximum atomic E-state index is 2.27. The van der Waals surface area contributed by atoms with Crippen LogP contribution in [0.3, 0.4) is 0 Å². The summed E-state index contributed by atoms with van der Waals surface area (Å²) in [5.41, 5.74) is 8.40. The Morgan fingerprint density at radius 1 is 0.633 bits per heavy atom. The van der Waals surface area contributed by atoms with Crippen molar-refractivity contribution in [3.8, 4) is 22.4 Å². The topological polar surface area (TPSA) is 7.12 Å². The van der Waals surface area contributed by atoms with Gasteiger partial charge < -0.3 is 4.90 Å². The highest BCUT2D eigenvalue weighted by molar-refractivity contribution is 5.74. The fourth-order valence-electron chi connectivity index (χ4n) is 3.59. The van der Waals surface area contributed by atoms with Crippen LogP contribution in [0, 0.1) is 0 Å². The van der Waals surface area contributed by atoms with E-state index in [9.17, 15) is 0 Å². The van der Waals surface area contributed by atoms with Gasteiger partial charge in [-0.05, 0) is 47.0 Å². The molecule has 3 aromatic carbocycles. The molecule has 2 nitrogen and oxygen atoms in total. The molecule has 0 aliphatic rings. The Kier molecular flexibility index (Phi) is 5.76. The van der Waals surface area contributed by atoms with Crippen molar-refractivity contribution in [1.82, 2.24) is 0 Å². The zero-order valence-electron chi connectivity index (χ0n) is 17.8. The molecule has 0 aliphatic carbocycles. The third kappa shape index (κ3) is 4.33. The van der Waals surface area contributed by atoms with Gasteiger partial charge in [0.15, 0.2) is 0 Å². The first-order chi connectivity index (χ1) is 14.6. The van der Waals surface area contributed by atoms with Crippen molar-refractivity contribution in [1.29, 1.82) is 0 Å². The Morgan fingerprint density at radius 3 is 1.83 bits per heavy atom. The minimum absolute atomic E-state index is 1.16. The average molecular weight is 392 g/mol. The second-order valence-electron chi connectivity index (χ2n) is 7.66. The molecule has 0 fully saturated rings. The second-order valence-corrected chi connectivity index (χ2v) is 7.66. The highest BCUT2D eigenvalue weighted by Gasteiger charge is 2.16. The van der Waals surface area contributed by atoms with Gasteiger partial charge in [0, 0.05) is 43.6 Å². The van der Waals surface area contributed by atoms with Crippen LogP contribution in [0.1, 0.15) is 11.3 Å². The molecule has 0 spiro atoms. The number of aromatic nitrogens is 1. The van der Waals surface area contributed by atoms with Crippen LogP contribution >= 0.6 is 0 Å². The summed E-state index contributed by atoms with van der Waals surface area (Å²) in [6.07, 6.45) is 4.38. The monoisotopic (exact) mass is 391 g/mol. The third-order valence-electron chi connectivity index (χ3n) is 5.38. The number of hydrogen-bond acceptors (Lipinski definition) is 1. The predicted octanol–water partition coefficient (Wildman–Crippen LogP) is 6.08. The van der Waals surface area contributed by atoms with Crippen molar-refractivity contribution in [2.24, 2.45) is 7.05 Å². The van der Waals surface area contributed by atoms with Crippen LogP contribution in [-0.2, 0) is 7.05 Å². The Morgan fingerprint density at radius 2 is 1.23 bits per heavy atom. The summed E-state index contributed by atoms with van der Waals surface area (Å²) in [5, 5.41) is 0. The van der Waals surface area contributed by atoms with Crippen molar-refractivity contribution in [3.63, 3.8) is 0 Å². The summed E-state index contributed by atoms with van der Waals surface area (Å²) in [5.74, 6) is 0. The molecule has 0 saturated carbocycles. The van der Waals surface area contributed by atoms with Crippen LogP contribution in [0.2, 0.25) is 0 Å². The van der Waals surface area contributed by atoms with E-state index in [4.69, 9.17) is 0 Å². The SMILES string of the molecule is CN(C)c1ccc(/C=C/c2cc(-c3ccccc3)cc(-c3ccccc3)[n+]2C)cc1. The summed E-state index contributed by atoms with van der Waals surface area (Å²) >= 11 is 0. The van der Waals surface area contributed by atoms with Gasteiger partial charge in [-0.15, -0.1) is 0 Å². The van der Waals surface area contributed by atoms with Gasteiger partial charge in [-0.2, -0.15) is 4.57 Å². The van der Waals surface area contributed by atoms with Crippen molar-refractivity contribution in [2.45, 2.75) is 0 Å². The highest BCUT2D eigenvalue weighted by Crippen LogP contribution is 2.25. The molecular weight excluding hydrogens is 364 g/mol. The fourth-order valence-corrected chi connectivity index (χ4v) is 3.59. The van der Waals surface area contributed by atoms with Gasteiger partial charge in [-0.25, -0.2) is 0 Å². The molecule has 0 N–H and O–H groups in total. The zero-order chi connectivity index (χ0) is 20.9. The van der Waals surface area contributed by atoms with E-state index < -0.39 is 0 Å². The van der Waals surface area contributed by atoms with Crippen LogP contribution in [0.15, 0.2) is 97.1 Å². The summed E-state index contributed by atoms with van der Waals surface area (Å²) in [7, 11) is 6.25. The maximum Gasteiger partial charge on any atom is 0.213 e. The molecule has 0 saturated heterocycles. The molecule has 0 aliphatic heterocycles. The van der Waals surface area contributed by atoms with Gasteiger partial charge in [0.2, 0.25) is 11.4 Å². The Labute approximate surface area is 179 Å². The smallest absolute Gasteiger partial charge is 0.213 e. The molecule has 0 atom stereocenters. The Bertz CT molecular complexity index is 1140. The van der Waals surface area contributed by atoms with E-state index in [1.165, 1.54) is 33.6 Å². The van der Waals surface area contributed by atoms with E-state index in [1.54, 1.807) is 0 Å². The second kappa shape index (κ2) is 8.79. The standard InChI is InChI=1S/C28H27N2/c1-29(2)26-17-14-22(15-18-26)16-19-27-20-25(23-10-6-4-7-11-23)21-28(30(27)3)24-12-8-5-9-13-24/h4-21H,1-3H3/q+1. The van der Waals surface area contributed by atoms with Gasteiger partial charge in [0.1, 0.15) is 7.05 Å². The average Bonchev–Trinajstić information content (AvgIpc) is 2.80. The lowest BCUT2D eigenvalue weighted by atomic mass is 10.0. The normalized spacial score (nSPS) is 11.0. The quantitative estimate of drug-likeness (QED) is 0.374. The lowest BCUT2D eigenvalue weighted by Crippen LogP contribution is -2.34. The largest absolute Gasteiger partial charge is 0.378 e. The van der Waals surface area contributed by atoms with Gasteiger partial charge in [0.05, 0.1) is 0 Å². The lowest BCUT2D eigenvalue weighted by Gasteiger charge is -2.11. The van der Waals surface area contributed by atoms with E-state index in [2.05, 4.69) is 140 Å². The number of pyridine rings is 1. The summed E-state index contributed by atoms with van der Waals surface area (Å²) in [4.78, 5) is 2.11.